The molecule has 0 aromatic carbocycles. The first-order valence-corrected chi connectivity index (χ1v) is 4.55. The number of aryl methyl sites for hydroxylation is 2. The van der Waals surface area contributed by atoms with Crippen LogP contribution in [0.2, 0.25) is 0 Å². The Balaban J connectivity index is 2.78. The molecule has 0 saturated carbocycles. The van der Waals surface area contributed by atoms with E-state index in [1.54, 1.807) is 0 Å². The molecule has 76 valence electrons. The number of aromatic amines is 1. The number of hydrogen-bond donors (Lipinski definition) is 2. The Morgan fingerprint density at radius 1 is 1.64 bits per heavy atom. The highest BCUT2D eigenvalue weighted by molar-refractivity contribution is 5.75. The third-order valence-corrected chi connectivity index (χ3v) is 2.10. The van der Waals surface area contributed by atoms with Crippen molar-refractivity contribution in [3.63, 3.8) is 0 Å². The summed E-state index contributed by atoms with van der Waals surface area (Å²) in [7, 11) is 0. The summed E-state index contributed by atoms with van der Waals surface area (Å²) in [6.45, 7) is 1.97. The van der Waals surface area contributed by atoms with Gasteiger partial charge in [0.05, 0.1) is 5.69 Å². The van der Waals surface area contributed by atoms with Gasteiger partial charge < -0.3 is 10.1 Å². The van der Waals surface area contributed by atoms with E-state index >= 15 is 0 Å². The topological polar surface area (TPSA) is 70.2 Å². The van der Waals surface area contributed by atoms with E-state index in [2.05, 4.69) is 4.98 Å². The SMILES string of the molecule is CCc1cc(CCC(=O)O)c(C=O)[nH]1. The molecule has 0 aliphatic carbocycles. The average molecular weight is 195 g/mol. The molecule has 14 heavy (non-hydrogen) atoms. The van der Waals surface area contributed by atoms with E-state index in [1.165, 1.54) is 0 Å². The second-order valence-electron chi connectivity index (χ2n) is 3.10. The predicted molar refractivity (Wildman–Crippen MR) is 51.5 cm³/mol. The summed E-state index contributed by atoms with van der Waals surface area (Å²) < 4.78 is 0. The van der Waals surface area contributed by atoms with E-state index in [4.69, 9.17) is 5.11 Å². The number of aliphatic carboxylic acids is 1. The van der Waals surface area contributed by atoms with Gasteiger partial charge in [0.2, 0.25) is 0 Å². The summed E-state index contributed by atoms with van der Waals surface area (Å²) >= 11 is 0. The molecule has 0 amide bonds. The fraction of sp³-hybridized carbons (Fsp3) is 0.400. The second kappa shape index (κ2) is 4.60. The van der Waals surface area contributed by atoms with Crippen molar-refractivity contribution in [3.05, 3.63) is 23.0 Å². The fourth-order valence-electron chi connectivity index (χ4n) is 1.32. The first-order chi connectivity index (χ1) is 6.67. The zero-order valence-corrected chi connectivity index (χ0v) is 8.04. The van der Waals surface area contributed by atoms with Gasteiger partial charge in [0.1, 0.15) is 0 Å². The van der Waals surface area contributed by atoms with Crippen LogP contribution in [-0.4, -0.2) is 22.3 Å². The molecule has 1 aromatic heterocycles. The van der Waals surface area contributed by atoms with Crippen LogP contribution in [0.1, 0.15) is 35.1 Å². The van der Waals surface area contributed by atoms with Crippen molar-refractivity contribution in [2.75, 3.05) is 0 Å². The van der Waals surface area contributed by atoms with Crippen LogP contribution in [0, 0.1) is 0 Å². The number of carboxylic acid groups (broad SMARTS) is 1. The molecule has 0 radical (unpaired) electrons. The first kappa shape index (κ1) is 10.5. The number of carboxylic acids is 1. The molecule has 0 fully saturated rings. The van der Waals surface area contributed by atoms with Gasteiger partial charge in [-0.2, -0.15) is 0 Å². The molecule has 0 unspecified atom stereocenters. The molecule has 0 atom stereocenters. The lowest BCUT2D eigenvalue weighted by atomic mass is 10.1. The van der Waals surface area contributed by atoms with Crippen molar-refractivity contribution in [2.24, 2.45) is 0 Å². The highest BCUT2D eigenvalue weighted by Gasteiger charge is 2.07. The summed E-state index contributed by atoms with van der Waals surface area (Å²) in [5.41, 5.74) is 2.26. The molecule has 1 aromatic rings. The minimum absolute atomic E-state index is 0.0574. The van der Waals surface area contributed by atoms with Crippen LogP contribution in [0.25, 0.3) is 0 Å². The van der Waals surface area contributed by atoms with Crippen molar-refractivity contribution in [1.29, 1.82) is 0 Å². The van der Waals surface area contributed by atoms with Crippen LogP contribution in [-0.2, 0) is 17.6 Å². The van der Waals surface area contributed by atoms with Gasteiger partial charge in [-0.05, 0) is 24.5 Å². The van der Waals surface area contributed by atoms with Crippen molar-refractivity contribution in [1.82, 2.24) is 4.98 Å². The van der Waals surface area contributed by atoms with Crippen molar-refractivity contribution < 1.29 is 14.7 Å². The van der Waals surface area contributed by atoms with E-state index in [0.717, 1.165) is 24.0 Å². The summed E-state index contributed by atoms with van der Waals surface area (Å²) in [6, 6.07) is 1.85. The smallest absolute Gasteiger partial charge is 0.303 e. The molecular formula is C10H13NO3. The molecule has 0 aliphatic heterocycles. The Morgan fingerprint density at radius 2 is 2.36 bits per heavy atom. The monoisotopic (exact) mass is 195 g/mol. The van der Waals surface area contributed by atoms with E-state index in [1.807, 2.05) is 13.0 Å². The molecule has 2 N–H and O–H groups in total. The zero-order chi connectivity index (χ0) is 10.6. The lowest BCUT2D eigenvalue weighted by Gasteiger charge is -1.94. The van der Waals surface area contributed by atoms with Crippen LogP contribution in [0.15, 0.2) is 6.07 Å². The Kier molecular flexibility index (Phi) is 3.45. The summed E-state index contributed by atoms with van der Waals surface area (Å²) in [6.07, 6.45) is 2.01. The number of H-pyrrole nitrogens is 1. The van der Waals surface area contributed by atoms with Gasteiger partial charge in [0, 0.05) is 12.1 Å². The quantitative estimate of drug-likeness (QED) is 0.698. The Labute approximate surface area is 81.9 Å². The average Bonchev–Trinajstić information content (AvgIpc) is 2.57. The second-order valence-corrected chi connectivity index (χ2v) is 3.10. The summed E-state index contributed by atoms with van der Waals surface area (Å²) in [5.74, 6) is -0.846. The van der Waals surface area contributed by atoms with E-state index in [9.17, 15) is 9.59 Å². The maximum Gasteiger partial charge on any atom is 0.303 e. The van der Waals surface area contributed by atoms with Crippen LogP contribution < -0.4 is 0 Å². The fourth-order valence-corrected chi connectivity index (χ4v) is 1.32. The van der Waals surface area contributed by atoms with Gasteiger partial charge >= 0.3 is 5.97 Å². The maximum atomic E-state index is 10.6. The highest BCUT2D eigenvalue weighted by Crippen LogP contribution is 2.12. The summed E-state index contributed by atoms with van der Waals surface area (Å²) in [5, 5.41) is 8.50. The maximum absolute atomic E-state index is 10.6. The predicted octanol–water partition coefficient (Wildman–Crippen LogP) is 1.41. The number of nitrogens with one attached hydrogen (secondary N) is 1. The standard InChI is InChI=1S/C10H13NO3/c1-2-8-5-7(3-4-10(13)14)9(6-12)11-8/h5-6,11H,2-4H2,1H3,(H,13,14). The number of rotatable bonds is 5. The molecule has 0 aliphatic rings. The Morgan fingerprint density at radius 3 is 2.86 bits per heavy atom. The minimum atomic E-state index is -0.846. The van der Waals surface area contributed by atoms with Gasteiger partial charge in [0.15, 0.2) is 6.29 Å². The van der Waals surface area contributed by atoms with Gasteiger partial charge in [-0.15, -0.1) is 0 Å². The molecule has 4 nitrogen and oxygen atoms in total. The lowest BCUT2D eigenvalue weighted by molar-refractivity contribution is -0.136. The molecular weight excluding hydrogens is 182 g/mol. The number of carbonyl (C=O) groups is 2. The third kappa shape index (κ3) is 2.45. The van der Waals surface area contributed by atoms with Crippen LogP contribution in [0.4, 0.5) is 0 Å². The first-order valence-electron chi connectivity index (χ1n) is 4.55. The molecule has 1 rings (SSSR count). The van der Waals surface area contributed by atoms with E-state index in [-0.39, 0.29) is 6.42 Å². The third-order valence-electron chi connectivity index (χ3n) is 2.10. The van der Waals surface area contributed by atoms with Gasteiger partial charge in [-0.25, -0.2) is 0 Å². The number of aromatic nitrogens is 1. The zero-order valence-electron chi connectivity index (χ0n) is 8.04. The highest BCUT2D eigenvalue weighted by atomic mass is 16.4. The molecule has 1 heterocycles. The molecule has 0 saturated heterocycles. The Bertz CT molecular complexity index is 341. The number of hydrogen-bond acceptors (Lipinski definition) is 2. The normalized spacial score (nSPS) is 10.1. The van der Waals surface area contributed by atoms with E-state index in [0.29, 0.717) is 12.1 Å². The summed E-state index contributed by atoms with van der Waals surface area (Å²) in [4.78, 5) is 23.9. The van der Waals surface area contributed by atoms with Crippen LogP contribution in [0.5, 0.6) is 0 Å². The minimum Gasteiger partial charge on any atom is -0.481 e. The number of carbonyl (C=O) groups excluding carboxylic acids is 1. The van der Waals surface area contributed by atoms with Crippen LogP contribution >= 0.6 is 0 Å². The largest absolute Gasteiger partial charge is 0.481 e. The number of aldehydes is 1. The van der Waals surface area contributed by atoms with Crippen molar-refractivity contribution in [2.45, 2.75) is 26.2 Å². The van der Waals surface area contributed by atoms with Crippen LogP contribution in [0.3, 0.4) is 0 Å². The van der Waals surface area contributed by atoms with Gasteiger partial charge in [-0.1, -0.05) is 6.92 Å². The van der Waals surface area contributed by atoms with Gasteiger partial charge in [0.25, 0.3) is 0 Å². The molecule has 4 heteroatoms. The van der Waals surface area contributed by atoms with Gasteiger partial charge in [-0.3, -0.25) is 9.59 Å². The Hall–Kier alpha value is -1.58. The molecule has 0 spiro atoms. The van der Waals surface area contributed by atoms with Crippen molar-refractivity contribution in [3.8, 4) is 0 Å². The van der Waals surface area contributed by atoms with E-state index < -0.39 is 5.97 Å². The molecule has 0 bridgehead atoms. The lowest BCUT2D eigenvalue weighted by Crippen LogP contribution is -1.98. The van der Waals surface area contributed by atoms with Crippen molar-refractivity contribution >= 4 is 12.3 Å².